The molecule has 0 saturated carbocycles. The smallest absolute Gasteiger partial charge is 0.243 e. The van der Waals surface area contributed by atoms with Crippen LogP contribution >= 0.6 is 11.8 Å². The molecule has 1 rings (SSSR count). The van der Waals surface area contributed by atoms with Crippen LogP contribution in [0.25, 0.3) is 0 Å². The molecule has 0 spiro atoms. The molecule has 0 bridgehead atoms. The molecule has 0 saturated heterocycles. The second kappa shape index (κ2) is 7.54. The van der Waals surface area contributed by atoms with Gasteiger partial charge in [0.2, 0.25) is 8.32 Å². The van der Waals surface area contributed by atoms with E-state index in [1.165, 1.54) is 5.56 Å². The lowest BCUT2D eigenvalue weighted by Crippen LogP contribution is -2.24. The summed E-state index contributed by atoms with van der Waals surface area (Å²) in [5.41, 5.74) is 1.17. The summed E-state index contributed by atoms with van der Waals surface area (Å²) in [5, 5.41) is 0.896. The molecule has 0 aliphatic carbocycles. The molecule has 0 atom stereocenters. The monoisotopic (exact) mass is 282 g/mol. The predicted octanol–water partition coefficient (Wildman–Crippen LogP) is 4.61. The third kappa shape index (κ3) is 6.76. The molecule has 1 aromatic carbocycles. The Morgan fingerprint density at radius 2 is 1.89 bits per heavy atom. The van der Waals surface area contributed by atoms with Crippen LogP contribution in [0.4, 0.5) is 0 Å². The average molecular weight is 282 g/mol. The van der Waals surface area contributed by atoms with E-state index in [0.29, 0.717) is 6.61 Å². The van der Waals surface area contributed by atoms with Gasteiger partial charge < -0.3 is 9.16 Å². The Kier molecular flexibility index (Phi) is 6.36. The molecule has 4 heteroatoms. The van der Waals surface area contributed by atoms with Gasteiger partial charge in [0.15, 0.2) is 5.09 Å². The summed E-state index contributed by atoms with van der Waals surface area (Å²) >= 11 is 1.69. The van der Waals surface area contributed by atoms with Gasteiger partial charge in [-0.1, -0.05) is 49.0 Å². The summed E-state index contributed by atoms with van der Waals surface area (Å²) in [6.07, 6.45) is 1.75. The van der Waals surface area contributed by atoms with Crippen molar-refractivity contribution in [1.82, 2.24) is 0 Å². The Hall–Kier alpha value is -0.873. The van der Waals surface area contributed by atoms with Crippen LogP contribution in [-0.4, -0.2) is 14.1 Å². The highest BCUT2D eigenvalue weighted by molar-refractivity contribution is 8.02. The molecule has 0 aliphatic heterocycles. The van der Waals surface area contributed by atoms with Crippen molar-refractivity contribution >= 4 is 20.1 Å². The molecular weight excluding hydrogens is 260 g/mol. The van der Waals surface area contributed by atoms with Gasteiger partial charge in [0.1, 0.15) is 12.9 Å². The van der Waals surface area contributed by atoms with Crippen LogP contribution in [0, 0.1) is 0 Å². The van der Waals surface area contributed by atoms with Crippen LogP contribution < -0.4 is 0 Å². The fourth-order valence-corrected chi connectivity index (χ4v) is 3.37. The zero-order chi connectivity index (χ0) is 13.4. The van der Waals surface area contributed by atoms with Crippen molar-refractivity contribution < 1.29 is 9.16 Å². The van der Waals surface area contributed by atoms with E-state index in [2.05, 4.69) is 38.7 Å². The van der Waals surface area contributed by atoms with Crippen LogP contribution in [0.15, 0.2) is 41.7 Å². The van der Waals surface area contributed by atoms with E-state index in [1.54, 1.807) is 18.0 Å². The van der Waals surface area contributed by atoms with Crippen LogP contribution in [-0.2, 0) is 15.8 Å². The molecular formula is C14H22O2SSi. The van der Waals surface area contributed by atoms with Gasteiger partial charge in [0.05, 0.1) is 0 Å². The summed E-state index contributed by atoms with van der Waals surface area (Å²) in [6, 6.07) is 10.1. The predicted molar refractivity (Wildman–Crippen MR) is 81.9 cm³/mol. The van der Waals surface area contributed by atoms with Gasteiger partial charge in [-0.25, -0.2) is 0 Å². The number of hydrogen-bond donors (Lipinski definition) is 0. The van der Waals surface area contributed by atoms with Crippen molar-refractivity contribution in [3.63, 3.8) is 0 Å². The van der Waals surface area contributed by atoms with Crippen molar-refractivity contribution in [3.05, 3.63) is 47.2 Å². The van der Waals surface area contributed by atoms with Crippen molar-refractivity contribution in [3.8, 4) is 0 Å². The number of benzene rings is 1. The lowest BCUT2D eigenvalue weighted by Gasteiger charge is -2.20. The Morgan fingerprint density at radius 1 is 1.22 bits per heavy atom. The second-order valence-corrected chi connectivity index (χ2v) is 10.6. The van der Waals surface area contributed by atoms with E-state index in [0.717, 1.165) is 10.8 Å². The molecule has 1 aromatic rings. The fourth-order valence-electron chi connectivity index (χ4n) is 1.31. The summed E-state index contributed by atoms with van der Waals surface area (Å²) in [7, 11) is -1.56. The first kappa shape index (κ1) is 15.2. The average Bonchev–Trinajstić information content (AvgIpc) is 2.28. The van der Waals surface area contributed by atoms with Crippen LogP contribution in [0.1, 0.15) is 12.5 Å². The quantitative estimate of drug-likeness (QED) is 0.537. The summed E-state index contributed by atoms with van der Waals surface area (Å²) < 4.78 is 11.5. The van der Waals surface area contributed by atoms with Gasteiger partial charge >= 0.3 is 0 Å². The molecule has 0 amide bonds. The van der Waals surface area contributed by atoms with Crippen molar-refractivity contribution in [2.75, 3.05) is 5.75 Å². The SMILES string of the molecule is CCS/C(=C/OCc1ccccc1)O[Si](C)(C)C. The second-order valence-electron chi connectivity index (χ2n) is 4.88. The first-order chi connectivity index (χ1) is 8.51. The van der Waals surface area contributed by atoms with E-state index >= 15 is 0 Å². The largest absolute Gasteiger partial charge is 0.538 e. The van der Waals surface area contributed by atoms with E-state index in [1.807, 2.05) is 18.2 Å². The Bertz CT molecular complexity index is 371. The highest BCUT2D eigenvalue weighted by Gasteiger charge is 2.17. The highest BCUT2D eigenvalue weighted by atomic mass is 32.2. The fraction of sp³-hybridized carbons (Fsp3) is 0.429. The Labute approximate surface area is 116 Å². The van der Waals surface area contributed by atoms with E-state index in [4.69, 9.17) is 9.16 Å². The van der Waals surface area contributed by atoms with Gasteiger partial charge in [-0.2, -0.15) is 0 Å². The first-order valence-electron chi connectivity index (χ1n) is 6.19. The summed E-state index contributed by atoms with van der Waals surface area (Å²) in [5.74, 6) is 0.991. The third-order valence-corrected chi connectivity index (χ3v) is 3.70. The van der Waals surface area contributed by atoms with E-state index in [-0.39, 0.29) is 0 Å². The van der Waals surface area contributed by atoms with Gasteiger partial charge in [0.25, 0.3) is 0 Å². The normalized spacial score (nSPS) is 12.3. The number of thioether (sulfide) groups is 1. The topological polar surface area (TPSA) is 18.5 Å². The third-order valence-electron chi connectivity index (χ3n) is 1.97. The van der Waals surface area contributed by atoms with Gasteiger partial charge in [-0.15, -0.1) is 0 Å². The molecule has 0 radical (unpaired) electrons. The maximum Gasteiger partial charge on any atom is 0.243 e. The molecule has 2 nitrogen and oxygen atoms in total. The Morgan fingerprint density at radius 3 is 2.44 bits per heavy atom. The minimum Gasteiger partial charge on any atom is -0.538 e. The lowest BCUT2D eigenvalue weighted by atomic mass is 10.2. The van der Waals surface area contributed by atoms with Crippen LogP contribution in [0.3, 0.4) is 0 Å². The lowest BCUT2D eigenvalue weighted by molar-refractivity contribution is 0.225. The zero-order valence-corrected chi connectivity index (χ0v) is 13.4. The Balaban J connectivity index is 2.50. The van der Waals surface area contributed by atoms with Gasteiger partial charge in [-0.05, 0) is 31.0 Å². The number of hydrogen-bond acceptors (Lipinski definition) is 3. The van der Waals surface area contributed by atoms with Gasteiger partial charge in [-0.3, -0.25) is 0 Å². The maximum atomic E-state index is 5.95. The minimum absolute atomic E-state index is 0.587. The maximum absolute atomic E-state index is 5.95. The van der Waals surface area contributed by atoms with Gasteiger partial charge in [0, 0.05) is 0 Å². The van der Waals surface area contributed by atoms with Crippen molar-refractivity contribution in [2.24, 2.45) is 0 Å². The summed E-state index contributed by atoms with van der Waals surface area (Å²) in [4.78, 5) is 0. The number of ether oxygens (including phenoxy) is 1. The molecule has 0 aliphatic rings. The van der Waals surface area contributed by atoms with E-state index < -0.39 is 8.32 Å². The molecule has 100 valence electrons. The summed E-state index contributed by atoms with van der Waals surface area (Å²) in [6.45, 7) is 9.23. The molecule has 0 N–H and O–H groups in total. The zero-order valence-electron chi connectivity index (χ0n) is 11.6. The van der Waals surface area contributed by atoms with Crippen molar-refractivity contribution in [1.29, 1.82) is 0 Å². The molecule has 0 fully saturated rings. The van der Waals surface area contributed by atoms with Crippen LogP contribution in [0.5, 0.6) is 0 Å². The molecule has 0 aromatic heterocycles. The standard InChI is InChI=1S/C14H22O2SSi/c1-5-17-14(16-18(2,3)4)12-15-11-13-9-7-6-8-10-13/h6-10,12H,5,11H2,1-4H3/b14-12+. The molecule has 0 heterocycles. The minimum atomic E-state index is -1.56. The number of rotatable bonds is 7. The first-order valence-corrected chi connectivity index (χ1v) is 10.6. The van der Waals surface area contributed by atoms with Crippen molar-refractivity contribution in [2.45, 2.75) is 33.2 Å². The molecule has 18 heavy (non-hydrogen) atoms. The van der Waals surface area contributed by atoms with E-state index in [9.17, 15) is 0 Å². The van der Waals surface area contributed by atoms with Crippen LogP contribution in [0.2, 0.25) is 19.6 Å². The molecule has 0 unspecified atom stereocenters. The highest BCUT2D eigenvalue weighted by Crippen LogP contribution is 2.22.